The van der Waals surface area contributed by atoms with Gasteiger partial charge < -0.3 is 10.2 Å². The number of aryl methyl sites for hydroxylation is 1. The molecule has 0 aliphatic rings. The third-order valence-electron chi connectivity index (χ3n) is 3.46. The number of nitrogens with two attached hydrogens (primary N) is 1. The first kappa shape index (κ1) is 13.2. The van der Waals surface area contributed by atoms with Crippen molar-refractivity contribution in [2.45, 2.75) is 13.3 Å². The Kier molecular flexibility index (Phi) is 3.10. The molecule has 0 saturated heterocycles. The molecule has 2 N–H and O–H groups in total. The molecule has 0 saturated carbocycles. The molecule has 5 nitrogen and oxygen atoms in total. The largest absolute Gasteiger partial charge is 0.426 e. The van der Waals surface area contributed by atoms with Crippen molar-refractivity contribution in [3.8, 4) is 0 Å². The van der Waals surface area contributed by atoms with Gasteiger partial charge in [0.1, 0.15) is 0 Å². The van der Waals surface area contributed by atoms with Crippen molar-refractivity contribution in [1.29, 1.82) is 0 Å². The molecule has 106 valence electrons. The van der Waals surface area contributed by atoms with Gasteiger partial charge in [-0.2, -0.15) is 0 Å². The molecule has 0 amide bonds. The van der Waals surface area contributed by atoms with E-state index in [2.05, 4.69) is 0 Å². The lowest BCUT2D eigenvalue weighted by molar-refractivity contribution is 0.0910. The quantitative estimate of drug-likeness (QED) is 0.732. The number of benzene rings is 2. The highest BCUT2D eigenvalue weighted by Crippen LogP contribution is 2.17. The first-order chi connectivity index (χ1) is 10.1. The Morgan fingerprint density at radius 3 is 2.76 bits per heavy atom. The molecular formula is C16H14N2O3. The SMILES string of the molecule is Cc1ccccc1CC(=O)n1c(=O)oc2cc(N)ccc21. The fraction of sp³-hybridized carbons (Fsp3) is 0.125. The Morgan fingerprint density at radius 2 is 2.00 bits per heavy atom. The number of carbonyl (C=O) groups is 1. The maximum atomic E-state index is 12.4. The number of aromatic nitrogens is 1. The first-order valence-corrected chi connectivity index (χ1v) is 6.55. The van der Waals surface area contributed by atoms with Crippen LogP contribution < -0.4 is 11.5 Å². The molecule has 0 aliphatic heterocycles. The second kappa shape index (κ2) is 4.94. The van der Waals surface area contributed by atoms with E-state index in [9.17, 15) is 9.59 Å². The molecule has 0 bridgehead atoms. The number of anilines is 1. The van der Waals surface area contributed by atoms with Crippen LogP contribution in [0.5, 0.6) is 0 Å². The molecule has 0 unspecified atom stereocenters. The predicted molar refractivity (Wildman–Crippen MR) is 80.4 cm³/mol. The van der Waals surface area contributed by atoms with Crippen molar-refractivity contribution in [2.24, 2.45) is 0 Å². The van der Waals surface area contributed by atoms with E-state index in [1.165, 1.54) is 6.07 Å². The molecule has 21 heavy (non-hydrogen) atoms. The molecule has 0 fully saturated rings. The van der Waals surface area contributed by atoms with Crippen molar-refractivity contribution in [2.75, 3.05) is 5.73 Å². The minimum Gasteiger partial charge on any atom is -0.407 e. The summed E-state index contributed by atoms with van der Waals surface area (Å²) in [4.78, 5) is 24.3. The number of rotatable bonds is 2. The summed E-state index contributed by atoms with van der Waals surface area (Å²) in [7, 11) is 0. The molecule has 5 heteroatoms. The van der Waals surface area contributed by atoms with Crippen LogP contribution in [0.25, 0.3) is 11.1 Å². The molecule has 0 spiro atoms. The normalized spacial score (nSPS) is 10.9. The molecule has 2 aromatic carbocycles. The molecular weight excluding hydrogens is 268 g/mol. The minimum atomic E-state index is -0.686. The lowest BCUT2D eigenvalue weighted by Crippen LogP contribution is -2.24. The van der Waals surface area contributed by atoms with Gasteiger partial charge >= 0.3 is 5.76 Å². The Balaban J connectivity index is 2.04. The van der Waals surface area contributed by atoms with Crippen LogP contribution in [-0.2, 0) is 6.42 Å². The van der Waals surface area contributed by atoms with Crippen LogP contribution in [0, 0.1) is 6.92 Å². The second-order valence-electron chi connectivity index (χ2n) is 4.93. The van der Waals surface area contributed by atoms with Gasteiger partial charge in [0.15, 0.2) is 5.58 Å². The zero-order valence-electron chi connectivity index (χ0n) is 11.5. The van der Waals surface area contributed by atoms with Crippen molar-refractivity contribution in [1.82, 2.24) is 4.57 Å². The third-order valence-corrected chi connectivity index (χ3v) is 3.46. The van der Waals surface area contributed by atoms with Gasteiger partial charge in [0, 0.05) is 11.8 Å². The van der Waals surface area contributed by atoms with Crippen molar-refractivity contribution in [3.63, 3.8) is 0 Å². The van der Waals surface area contributed by atoms with Crippen LogP contribution in [-0.4, -0.2) is 10.5 Å². The average molecular weight is 282 g/mol. The number of nitrogens with zero attached hydrogens (tertiary/aromatic N) is 1. The van der Waals surface area contributed by atoms with Crippen LogP contribution in [0.2, 0.25) is 0 Å². The van der Waals surface area contributed by atoms with Gasteiger partial charge in [-0.1, -0.05) is 24.3 Å². The summed E-state index contributed by atoms with van der Waals surface area (Å²) >= 11 is 0. The summed E-state index contributed by atoms with van der Waals surface area (Å²) in [5.41, 5.74) is 8.78. The van der Waals surface area contributed by atoms with Gasteiger partial charge in [0.25, 0.3) is 0 Å². The molecule has 1 aromatic heterocycles. The van der Waals surface area contributed by atoms with Crippen molar-refractivity contribution in [3.05, 3.63) is 64.1 Å². The smallest absolute Gasteiger partial charge is 0.407 e. The lowest BCUT2D eigenvalue weighted by atomic mass is 10.1. The monoisotopic (exact) mass is 282 g/mol. The zero-order valence-corrected chi connectivity index (χ0v) is 11.5. The highest BCUT2D eigenvalue weighted by atomic mass is 16.4. The maximum absolute atomic E-state index is 12.4. The molecule has 0 aliphatic carbocycles. The van der Waals surface area contributed by atoms with Crippen molar-refractivity contribution < 1.29 is 9.21 Å². The van der Waals surface area contributed by atoms with Crippen molar-refractivity contribution >= 4 is 22.7 Å². The summed E-state index contributed by atoms with van der Waals surface area (Å²) in [6.07, 6.45) is 0.144. The second-order valence-corrected chi connectivity index (χ2v) is 4.93. The number of nitrogen functional groups attached to an aromatic ring is 1. The Hall–Kier alpha value is -2.82. The summed E-state index contributed by atoms with van der Waals surface area (Å²) in [5.74, 6) is -1.01. The summed E-state index contributed by atoms with van der Waals surface area (Å²) in [6, 6.07) is 12.4. The molecule has 0 radical (unpaired) electrons. The van der Waals surface area contributed by atoms with Gasteiger partial charge in [0.2, 0.25) is 5.91 Å². The van der Waals surface area contributed by atoms with E-state index in [0.717, 1.165) is 15.7 Å². The van der Waals surface area contributed by atoms with E-state index < -0.39 is 5.76 Å². The fourth-order valence-electron chi connectivity index (χ4n) is 2.32. The minimum absolute atomic E-state index is 0.144. The first-order valence-electron chi connectivity index (χ1n) is 6.55. The molecule has 1 heterocycles. The number of hydrogen-bond acceptors (Lipinski definition) is 4. The Bertz CT molecular complexity index is 890. The Morgan fingerprint density at radius 1 is 1.24 bits per heavy atom. The van der Waals surface area contributed by atoms with Gasteiger partial charge in [-0.05, 0) is 30.2 Å². The van der Waals surface area contributed by atoms with Crippen LogP contribution >= 0.6 is 0 Å². The Labute approximate surface area is 120 Å². The van der Waals surface area contributed by atoms with Crippen LogP contribution in [0.1, 0.15) is 15.9 Å². The lowest BCUT2D eigenvalue weighted by Gasteiger charge is -2.05. The van der Waals surface area contributed by atoms with Gasteiger partial charge in [-0.15, -0.1) is 0 Å². The summed E-state index contributed by atoms with van der Waals surface area (Å²) < 4.78 is 6.13. The number of carbonyl (C=O) groups excluding carboxylic acids is 1. The van der Waals surface area contributed by atoms with Gasteiger partial charge in [-0.25, -0.2) is 9.36 Å². The van der Waals surface area contributed by atoms with Crippen LogP contribution in [0.3, 0.4) is 0 Å². The number of oxazole rings is 1. The van der Waals surface area contributed by atoms with Gasteiger partial charge in [0.05, 0.1) is 11.9 Å². The van der Waals surface area contributed by atoms with Crippen LogP contribution in [0.4, 0.5) is 5.69 Å². The van der Waals surface area contributed by atoms with E-state index in [0.29, 0.717) is 16.8 Å². The fourth-order valence-corrected chi connectivity index (χ4v) is 2.32. The zero-order chi connectivity index (χ0) is 15.0. The number of hydrogen-bond donors (Lipinski definition) is 1. The molecule has 3 rings (SSSR count). The summed E-state index contributed by atoms with van der Waals surface area (Å²) in [6.45, 7) is 1.93. The standard InChI is InChI=1S/C16H14N2O3/c1-10-4-2-3-5-11(10)8-15(19)18-13-7-6-12(17)9-14(13)21-16(18)20/h2-7,9H,8,17H2,1H3. The predicted octanol–water partition coefficient (Wildman–Crippen LogP) is 2.37. The average Bonchev–Trinajstić information content (AvgIpc) is 2.76. The van der Waals surface area contributed by atoms with E-state index in [-0.39, 0.29) is 12.3 Å². The highest BCUT2D eigenvalue weighted by Gasteiger charge is 2.17. The van der Waals surface area contributed by atoms with Crippen LogP contribution in [0.15, 0.2) is 51.7 Å². The maximum Gasteiger partial charge on any atom is 0.426 e. The molecule has 3 aromatic rings. The van der Waals surface area contributed by atoms with E-state index in [4.69, 9.17) is 10.2 Å². The topological polar surface area (TPSA) is 78.2 Å². The van der Waals surface area contributed by atoms with E-state index in [1.54, 1.807) is 12.1 Å². The molecule has 0 atom stereocenters. The third kappa shape index (κ3) is 2.33. The van der Waals surface area contributed by atoms with E-state index in [1.807, 2.05) is 31.2 Å². The van der Waals surface area contributed by atoms with Gasteiger partial charge in [-0.3, -0.25) is 4.79 Å². The summed E-state index contributed by atoms with van der Waals surface area (Å²) in [5, 5.41) is 0. The number of fused-ring (bicyclic) bond motifs is 1. The highest BCUT2D eigenvalue weighted by molar-refractivity contribution is 5.91. The van der Waals surface area contributed by atoms with E-state index >= 15 is 0 Å².